The van der Waals surface area contributed by atoms with Gasteiger partial charge in [-0.15, -0.1) is 11.6 Å². The normalized spacial score (nSPS) is 7.80. The van der Waals surface area contributed by atoms with Gasteiger partial charge in [0.1, 0.15) is 0 Å². The molecule has 2 heteroatoms. The van der Waals surface area contributed by atoms with E-state index in [-0.39, 0.29) is 0 Å². The maximum atomic E-state index is 5.36. The zero-order valence-electron chi connectivity index (χ0n) is 6.05. The van der Waals surface area contributed by atoms with Crippen molar-refractivity contribution in [3.05, 3.63) is 30.3 Å². The topological polar surface area (TPSA) is 26.0 Å². The second-order valence-electron chi connectivity index (χ2n) is 1.68. The molecule has 1 aromatic rings. The van der Waals surface area contributed by atoms with E-state index in [1.807, 2.05) is 37.3 Å². The van der Waals surface area contributed by atoms with Gasteiger partial charge in [0.05, 0.1) is 0 Å². The van der Waals surface area contributed by atoms with Gasteiger partial charge >= 0.3 is 0 Å². The molecule has 0 unspecified atom stereocenters. The number of alkyl halides is 1. The molecule has 0 aliphatic heterocycles. The van der Waals surface area contributed by atoms with Gasteiger partial charge in [0.25, 0.3) is 0 Å². The highest BCUT2D eigenvalue weighted by atomic mass is 35.5. The van der Waals surface area contributed by atoms with Crippen molar-refractivity contribution in [1.29, 1.82) is 0 Å². The predicted molar refractivity (Wildman–Crippen MR) is 47.2 cm³/mol. The van der Waals surface area contributed by atoms with Crippen LogP contribution in [0.2, 0.25) is 0 Å². The molecule has 2 N–H and O–H groups in total. The average Bonchev–Trinajstić information content (AvgIpc) is 1.91. The van der Waals surface area contributed by atoms with E-state index in [1.165, 1.54) is 0 Å². The SMILES string of the molecule is CCCl.Nc1ccccc1. The number of hydrogen-bond donors (Lipinski definition) is 1. The van der Waals surface area contributed by atoms with Crippen molar-refractivity contribution in [2.24, 2.45) is 0 Å². The molecule has 1 aromatic carbocycles. The lowest BCUT2D eigenvalue weighted by Crippen LogP contribution is -1.79. The fourth-order valence-electron chi connectivity index (χ4n) is 0.453. The molecule has 0 aliphatic carbocycles. The first-order chi connectivity index (χ1) is 4.81. The molecule has 0 saturated heterocycles. The molecular weight excluding hydrogens is 146 g/mol. The van der Waals surface area contributed by atoms with Gasteiger partial charge in [-0.25, -0.2) is 0 Å². The Balaban J connectivity index is 0.000000236. The average molecular weight is 158 g/mol. The van der Waals surface area contributed by atoms with Gasteiger partial charge in [-0.05, 0) is 12.1 Å². The van der Waals surface area contributed by atoms with Crippen LogP contribution < -0.4 is 5.73 Å². The molecule has 10 heavy (non-hydrogen) atoms. The van der Waals surface area contributed by atoms with Crippen LogP contribution in [0.25, 0.3) is 0 Å². The second-order valence-corrected chi connectivity index (χ2v) is 2.21. The van der Waals surface area contributed by atoms with Crippen LogP contribution in [0.4, 0.5) is 5.69 Å². The fourth-order valence-corrected chi connectivity index (χ4v) is 0.453. The monoisotopic (exact) mass is 157 g/mol. The lowest BCUT2D eigenvalue weighted by Gasteiger charge is -1.83. The molecule has 0 aliphatic rings. The van der Waals surface area contributed by atoms with Crippen molar-refractivity contribution in [3.8, 4) is 0 Å². The molecule has 0 amide bonds. The molecule has 0 heterocycles. The number of para-hydroxylation sites is 1. The molecule has 1 nitrogen and oxygen atoms in total. The van der Waals surface area contributed by atoms with Crippen LogP contribution in [0.3, 0.4) is 0 Å². The molecular formula is C8H12ClN. The number of rotatable bonds is 0. The van der Waals surface area contributed by atoms with Crippen LogP contribution >= 0.6 is 11.6 Å². The lowest BCUT2D eigenvalue weighted by atomic mass is 10.3. The smallest absolute Gasteiger partial charge is 0.0313 e. The first kappa shape index (κ1) is 9.31. The predicted octanol–water partition coefficient (Wildman–Crippen LogP) is 2.51. The summed E-state index contributed by atoms with van der Waals surface area (Å²) in [5.41, 5.74) is 6.18. The van der Waals surface area contributed by atoms with Crippen LogP contribution in [0.15, 0.2) is 30.3 Å². The summed E-state index contributed by atoms with van der Waals surface area (Å²) in [6.07, 6.45) is 0. The third-order valence-corrected chi connectivity index (χ3v) is 0.800. The third kappa shape index (κ3) is 5.45. The number of nitrogens with two attached hydrogens (primary N) is 1. The summed E-state index contributed by atoms with van der Waals surface area (Å²) in [6, 6.07) is 9.49. The van der Waals surface area contributed by atoms with Gasteiger partial charge in [-0.1, -0.05) is 25.1 Å². The van der Waals surface area contributed by atoms with Gasteiger partial charge in [0.2, 0.25) is 0 Å². The Bertz CT molecular complexity index is 151. The molecule has 0 radical (unpaired) electrons. The zero-order valence-corrected chi connectivity index (χ0v) is 6.81. The number of halogens is 1. The van der Waals surface area contributed by atoms with Crippen LogP contribution in [0.1, 0.15) is 6.92 Å². The molecule has 0 saturated carbocycles. The summed E-state index contributed by atoms with van der Waals surface area (Å²) in [5.74, 6) is 0.722. The number of benzene rings is 1. The van der Waals surface area contributed by atoms with E-state index in [1.54, 1.807) is 0 Å². The van der Waals surface area contributed by atoms with Gasteiger partial charge in [0, 0.05) is 11.6 Å². The first-order valence-corrected chi connectivity index (χ1v) is 3.71. The van der Waals surface area contributed by atoms with E-state index in [9.17, 15) is 0 Å². The van der Waals surface area contributed by atoms with Crippen LogP contribution in [0, 0.1) is 0 Å². The minimum Gasteiger partial charge on any atom is -0.399 e. The molecule has 0 spiro atoms. The largest absolute Gasteiger partial charge is 0.399 e. The Morgan fingerprint density at radius 2 is 1.70 bits per heavy atom. The standard InChI is InChI=1S/C6H7N.C2H5Cl/c7-6-4-2-1-3-5-6;1-2-3/h1-5H,7H2;2H2,1H3. The first-order valence-electron chi connectivity index (χ1n) is 3.17. The Morgan fingerprint density at radius 1 is 1.30 bits per heavy atom. The van der Waals surface area contributed by atoms with Crippen molar-refractivity contribution < 1.29 is 0 Å². The van der Waals surface area contributed by atoms with Crippen molar-refractivity contribution >= 4 is 17.3 Å². The number of hydrogen-bond acceptors (Lipinski definition) is 1. The van der Waals surface area contributed by atoms with Crippen LogP contribution in [-0.4, -0.2) is 5.88 Å². The summed E-state index contributed by atoms with van der Waals surface area (Å²) in [7, 11) is 0. The fraction of sp³-hybridized carbons (Fsp3) is 0.250. The third-order valence-electron chi connectivity index (χ3n) is 0.800. The van der Waals surface area contributed by atoms with E-state index in [0.29, 0.717) is 0 Å². The highest BCUT2D eigenvalue weighted by Crippen LogP contribution is 1.95. The highest BCUT2D eigenvalue weighted by Gasteiger charge is 1.72. The van der Waals surface area contributed by atoms with Crippen LogP contribution in [0.5, 0.6) is 0 Å². The van der Waals surface area contributed by atoms with Crippen molar-refractivity contribution in [3.63, 3.8) is 0 Å². The van der Waals surface area contributed by atoms with E-state index in [4.69, 9.17) is 17.3 Å². The summed E-state index contributed by atoms with van der Waals surface area (Å²) >= 11 is 5.00. The van der Waals surface area contributed by atoms with Crippen molar-refractivity contribution in [1.82, 2.24) is 0 Å². The quantitative estimate of drug-likeness (QED) is 0.455. The van der Waals surface area contributed by atoms with Gasteiger partial charge in [-0.3, -0.25) is 0 Å². The molecule has 56 valence electrons. The van der Waals surface area contributed by atoms with E-state index in [0.717, 1.165) is 11.6 Å². The molecule has 1 rings (SSSR count). The molecule has 0 aromatic heterocycles. The van der Waals surface area contributed by atoms with Crippen molar-refractivity contribution in [2.45, 2.75) is 6.92 Å². The minimum atomic E-state index is 0.722. The lowest BCUT2D eigenvalue weighted by molar-refractivity contribution is 1.51. The van der Waals surface area contributed by atoms with Crippen molar-refractivity contribution in [2.75, 3.05) is 11.6 Å². The maximum Gasteiger partial charge on any atom is 0.0313 e. The summed E-state index contributed by atoms with van der Waals surface area (Å²) in [4.78, 5) is 0. The number of anilines is 1. The summed E-state index contributed by atoms with van der Waals surface area (Å²) in [5, 5.41) is 0. The number of nitrogen functional groups attached to an aromatic ring is 1. The van der Waals surface area contributed by atoms with E-state index >= 15 is 0 Å². The van der Waals surface area contributed by atoms with E-state index < -0.39 is 0 Å². The zero-order chi connectivity index (χ0) is 7.82. The Labute approximate surface area is 66.8 Å². The Hall–Kier alpha value is -0.690. The minimum absolute atomic E-state index is 0.722. The Morgan fingerprint density at radius 3 is 1.90 bits per heavy atom. The van der Waals surface area contributed by atoms with Gasteiger partial charge in [0.15, 0.2) is 0 Å². The maximum absolute atomic E-state index is 5.36. The van der Waals surface area contributed by atoms with E-state index in [2.05, 4.69) is 0 Å². The Kier molecular flexibility index (Phi) is 5.99. The highest BCUT2D eigenvalue weighted by molar-refractivity contribution is 6.17. The molecule has 0 bridgehead atoms. The summed E-state index contributed by atoms with van der Waals surface area (Å²) < 4.78 is 0. The van der Waals surface area contributed by atoms with Gasteiger partial charge < -0.3 is 5.73 Å². The molecule has 0 fully saturated rings. The van der Waals surface area contributed by atoms with Crippen LogP contribution in [-0.2, 0) is 0 Å². The van der Waals surface area contributed by atoms with Gasteiger partial charge in [-0.2, -0.15) is 0 Å². The second kappa shape index (κ2) is 6.43. The molecule has 0 atom stereocenters. The summed E-state index contributed by atoms with van der Waals surface area (Å²) in [6.45, 7) is 1.89.